The maximum Gasteiger partial charge on any atom is 0.226 e. The zero-order chi connectivity index (χ0) is 14.7. The highest BCUT2D eigenvalue weighted by atomic mass is 35.5. The van der Waals surface area contributed by atoms with Crippen LogP contribution in [0.2, 0.25) is 5.02 Å². The van der Waals surface area contributed by atoms with Crippen molar-refractivity contribution in [3.63, 3.8) is 0 Å². The fourth-order valence-corrected chi connectivity index (χ4v) is 4.54. The number of piperazine rings is 1. The highest BCUT2D eigenvalue weighted by molar-refractivity contribution is 7.99. The molecular weight excluding hydrogens is 339 g/mol. The number of hydrogen-bond donors (Lipinski definition) is 1. The molecule has 1 aromatic carbocycles. The first-order valence-electron chi connectivity index (χ1n) is 7.61. The second-order valence-electron chi connectivity index (χ2n) is 5.66. The number of nitrogens with one attached hydrogen (secondary N) is 1. The van der Waals surface area contributed by atoms with Crippen molar-refractivity contribution in [1.29, 1.82) is 0 Å². The lowest BCUT2D eigenvalue weighted by molar-refractivity contribution is -0.139. The number of carbonyl (C=O) groups excluding carboxylic acids is 1. The van der Waals surface area contributed by atoms with Gasteiger partial charge in [0.1, 0.15) is 0 Å². The van der Waals surface area contributed by atoms with Crippen molar-refractivity contribution >= 4 is 41.7 Å². The summed E-state index contributed by atoms with van der Waals surface area (Å²) in [7, 11) is 0. The normalized spacial score (nSPS) is 23.0. The van der Waals surface area contributed by atoms with Crippen molar-refractivity contribution in [2.45, 2.75) is 18.9 Å². The molecule has 6 heteroatoms. The van der Waals surface area contributed by atoms with Crippen molar-refractivity contribution in [3.8, 4) is 0 Å². The SMILES string of the molecule is Cl.O=C(C1CCSCC1)N1CCNCC1c1ccccc1Cl. The lowest BCUT2D eigenvalue weighted by Gasteiger charge is -2.39. The Bertz CT molecular complexity index is 509. The average Bonchev–Trinajstić information content (AvgIpc) is 2.55. The zero-order valence-electron chi connectivity index (χ0n) is 12.5. The summed E-state index contributed by atoms with van der Waals surface area (Å²) in [6, 6.07) is 7.94. The quantitative estimate of drug-likeness (QED) is 0.877. The molecule has 1 atom stereocenters. The van der Waals surface area contributed by atoms with Gasteiger partial charge in [-0.15, -0.1) is 12.4 Å². The Kier molecular flexibility index (Phi) is 6.87. The van der Waals surface area contributed by atoms with E-state index in [9.17, 15) is 4.79 Å². The number of benzene rings is 1. The first-order valence-corrected chi connectivity index (χ1v) is 9.14. The van der Waals surface area contributed by atoms with Crippen molar-refractivity contribution in [2.24, 2.45) is 5.92 Å². The molecule has 122 valence electrons. The molecule has 1 aromatic rings. The zero-order valence-corrected chi connectivity index (χ0v) is 14.9. The average molecular weight is 361 g/mol. The topological polar surface area (TPSA) is 32.3 Å². The van der Waals surface area contributed by atoms with Gasteiger partial charge in [0.2, 0.25) is 5.91 Å². The highest BCUT2D eigenvalue weighted by Gasteiger charge is 2.33. The van der Waals surface area contributed by atoms with Gasteiger partial charge < -0.3 is 10.2 Å². The first kappa shape index (κ1) is 17.9. The third-order valence-corrected chi connectivity index (χ3v) is 5.75. The molecule has 0 aliphatic carbocycles. The largest absolute Gasteiger partial charge is 0.333 e. The van der Waals surface area contributed by atoms with Gasteiger partial charge in [0.05, 0.1) is 6.04 Å². The van der Waals surface area contributed by atoms with E-state index in [0.717, 1.165) is 54.6 Å². The van der Waals surface area contributed by atoms with Crippen LogP contribution in [0.25, 0.3) is 0 Å². The Hall–Kier alpha value is -0.420. The Morgan fingerprint density at radius 3 is 2.73 bits per heavy atom. The number of halogens is 2. The van der Waals surface area contributed by atoms with Crippen LogP contribution in [-0.4, -0.2) is 41.9 Å². The molecule has 0 aromatic heterocycles. The van der Waals surface area contributed by atoms with Crippen LogP contribution in [0.1, 0.15) is 24.4 Å². The van der Waals surface area contributed by atoms with Gasteiger partial charge in [0.15, 0.2) is 0 Å². The molecule has 1 amide bonds. The summed E-state index contributed by atoms with van der Waals surface area (Å²) in [4.78, 5) is 14.9. The third kappa shape index (κ3) is 3.91. The van der Waals surface area contributed by atoms with E-state index in [1.165, 1.54) is 0 Å². The Labute approximate surface area is 147 Å². The van der Waals surface area contributed by atoms with E-state index in [1.807, 2.05) is 36.0 Å². The molecule has 2 fully saturated rings. The molecule has 2 heterocycles. The summed E-state index contributed by atoms with van der Waals surface area (Å²) >= 11 is 8.30. The van der Waals surface area contributed by atoms with E-state index >= 15 is 0 Å². The van der Waals surface area contributed by atoms with Gasteiger partial charge >= 0.3 is 0 Å². The summed E-state index contributed by atoms with van der Waals surface area (Å²) in [5, 5.41) is 4.14. The standard InChI is InChI=1S/C16H21ClN2OS.ClH/c17-14-4-2-1-3-13(14)15-11-18-7-8-19(15)16(20)12-5-9-21-10-6-12;/h1-4,12,15,18H,5-11H2;1H. The fraction of sp³-hybridized carbons (Fsp3) is 0.562. The molecule has 0 spiro atoms. The second-order valence-corrected chi connectivity index (χ2v) is 7.29. The van der Waals surface area contributed by atoms with Gasteiger partial charge in [-0.05, 0) is 36.0 Å². The number of rotatable bonds is 2. The number of hydrogen-bond acceptors (Lipinski definition) is 3. The summed E-state index contributed by atoms with van der Waals surface area (Å²) < 4.78 is 0. The molecule has 0 saturated carbocycles. The predicted molar refractivity (Wildman–Crippen MR) is 96.1 cm³/mol. The van der Waals surface area contributed by atoms with Crippen LogP contribution in [0.15, 0.2) is 24.3 Å². The number of amides is 1. The molecular formula is C16H22Cl2N2OS. The van der Waals surface area contributed by atoms with Crippen molar-refractivity contribution in [1.82, 2.24) is 10.2 Å². The summed E-state index contributed by atoms with van der Waals surface area (Å²) in [6.07, 6.45) is 2.03. The van der Waals surface area contributed by atoms with Crippen LogP contribution in [-0.2, 0) is 4.79 Å². The van der Waals surface area contributed by atoms with E-state index < -0.39 is 0 Å². The minimum Gasteiger partial charge on any atom is -0.333 e. The Balaban J connectivity index is 0.00000176. The minimum absolute atomic E-state index is 0. The number of nitrogens with zero attached hydrogens (tertiary/aromatic N) is 1. The van der Waals surface area contributed by atoms with Gasteiger partial charge in [-0.2, -0.15) is 11.8 Å². The molecule has 2 aliphatic heterocycles. The fourth-order valence-electron chi connectivity index (χ4n) is 3.17. The summed E-state index contributed by atoms with van der Waals surface area (Å²) in [5.41, 5.74) is 1.06. The summed E-state index contributed by atoms with van der Waals surface area (Å²) in [6.45, 7) is 2.43. The molecule has 3 rings (SSSR count). The van der Waals surface area contributed by atoms with Crippen molar-refractivity contribution in [3.05, 3.63) is 34.9 Å². The van der Waals surface area contributed by atoms with E-state index in [0.29, 0.717) is 5.91 Å². The van der Waals surface area contributed by atoms with Gasteiger partial charge in [0, 0.05) is 30.6 Å². The van der Waals surface area contributed by atoms with Crippen LogP contribution in [0.5, 0.6) is 0 Å². The van der Waals surface area contributed by atoms with E-state index in [-0.39, 0.29) is 24.4 Å². The monoisotopic (exact) mass is 360 g/mol. The number of thioether (sulfide) groups is 1. The molecule has 1 unspecified atom stereocenters. The molecule has 0 bridgehead atoms. The van der Waals surface area contributed by atoms with Crippen LogP contribution in [0.4, 0.5) is 0 Å². The molecule has 3 nitrogen and oxygen atoms in total. The maximum atomic E-state index is 12.9. The van der Waals surface area contributed by atoms with E-state index in [4.69, 9.17) is 11.6 Å². The van der Waals surface area contributed by atoms with E-state index in [2.05, 4.69) is 10.2 Å². The molecule has 2 aliphatic rings. The van der Waals surface area contributed by atoms with Gasteiger partial charge in [-0.1, -0.05) is 29.8 Å². The predicted octanol–water partition coefficient (Wildman–Crippen LogP) is 3.38. The Morgan fingerprint density at radius 2 is 2.00 bits per heavy atom. The highest BCUT2D eigenvalue weighted by Crippen LogP contribution is 2.32. The van der Waals surface area contributed by atoms with Crippen molar-refractivity contribution in [2.75, 3.05) is 31.1 Å². The minimum atomic E-state index is 0. The van der Waals surface area contributed by atoms with Crippen LogP contribution in [0, 0.1) is 5.92 Å². The number of carbonyl (C=O) groups is 1. The molecule has 1 N–H and O–H groups in total. The first-order chi connectivity index (χ1) is 10.3. The van der Waals surface area contributed by atoms with Gasteiger partial charge in [0.25, 0.3) is 0 Å². The van der Waals surface area contributed by atoms with Crippen LogP contribution < -0.4 is 5.32 Å². The summed E-state index contributed by atoms with van der Waals surface area (Å²) in [5.74, 6) is 2.74. The lowest BCUT2D eigenvalue weighted by atomic mass is 9.97. The smallest absolute Gasteiger partial charge is 0.226 e. The van der Waals surface area contributed by atoms with Gasteiger partial charge in [-0.3, -0.25) is 4.79 Å². The molecule has 22 heavy (non-hydrogen) atoms. The molecule has 0 radical (unpaired) electrons. The Morgan fingerprint density at radius 1 is 1.27 bits per heavy atom. The maximum absolute atomic E-state index is 12.9. The van der Waals surface area contributed by atoms with Gasteiger partial charge in [-0.25, -0.2) is 0 Å². The van der Waals surface area contributed by atoms with E-state index in [1.54, 1.807) is 0 Å². The lowest BCUT2D eigenvalue weighted by Crippen LogP contribution is -2.51. The second kappa shape index (κ2) is 8.44. The van der Waals surface area contributed by atoms with Crippen LogP contribution >= 0.6 is 35.8 Å². The van der Waals surface area contributed by atoms with Crippen molar-refractivity contribution < 1.29 is 4.79 Å². The molecule has 2 saturated heterocycles. The third-order valence-electron chi connectivity index (χ3n) is 4.36. The van der Waals surface area contributed by atoms with Crippen LogP contribution in [0.3, 0.4) is 0 Å².